The van der Waals surface area contributed by atoms with Crippen molar-refractivity contribution in [3.8, 4) is 11.1 Å². The van der Waals surface area contributed by atoms with Crippen molar-refractivity contribution in [2.24, 2.45) is 0 Å². The van der Waals surface area contributed by atoms with Crippen LogP contribution < -0.4 is 11.2 Å². The van der Waals surface area contributed by atoms with Crippen LogP contribution in [-0.4, -0.2) is 17.2 Å². The van der Waals surface area contributed by atoms with E-state index in [0.717, 1.165) is 11.1 Å². The fraction of sp³-hybridized carbons (Fsp3) is 0. The summed E-state index contributed by atoms with van der Waals surface area (Å²) in [5.41, 5.74) is 8.14. The summed E-state index contributed by atoms with van der Waals surface area (Å²) >= 11 is 0. The largest absolute Gasteiger partial charge is 0.491 e. The van der Waals surface area contributed by atoms with Crippen molar-refractivity contribution < 1.29 is 10.0 Å². The number of rotatable bonds is 2. The third-order valence-electron chi connectivity index (χ3n) is 2.48. The maximum Gasteiger partial charge on any atom is 0.491 e. The monoisotopic (exact) mass is 213 g/mol. The molecule has 0 amide bonds. The van der Waals surface area contributed by atoms with Gasteiger partial charge in [0.2, 0.25) is 0 Å². The molecule has 2 aromatic rings. The summed E-state index contributed by atoms with van der Waals surface area (Å²) in [6.45, 7) is 0. The molecule has 0 unspecified atom stereocenters. The van der Waals surface area contributed by atoms with Crippen molar-refractivity contribution in [2.75, 3.05) is 5.73 Å². The highest BCUT2D eigenvalue weighted by molar-refractivity contribution is 6.62. The summed E-state index contributed by atoms with van der Waals surface area (Å²) in [4.78, 5) is 0. The van der Waals surface area contributed by atoms with E-state index in [1.54, 1.807) is 12.1 Å². The number of nitrogen functional groups attached to an aromatic ring is 1. The van der Waals surface area contributed by atoms with Gasteiger partial charge < -0.3 is 15.8 Å². The predicted molar refractivity (Wildman–Crippen MR) is 66.1 cm³/mol. The van der Waals surface area contributed by atoms with Crippen molar-refractivity contribution in [2.45, 2.75) is 0 Å². The van der Waals surface area contributed by atoms with Gasteiger partial charge >= 0.3 is 7.12 Å². The maximum absolute atomic E-state index is 9.32. The van der Waals surface area contributed by atoms with Crippen LogP contribution in [0.15, 0.2) is 48.5 Å². The highest BCUT2D eigenvalue weighted by atomic mass is 16.4. The minimum atomic E-state index is -1.56. The molecule has 0 fully saturated rings. The minimum Gasteiger partial charge on any atom is -0.423 e. The van der Waals surface area contributed by atoms with Crippen LogP contribution in [0.3, 0.4) is 0 Å². The number of anilines is 1. The Kier molecular flexibility index (Phi) is 2.94. The van der Waals surface area contributed by atoms with E-state index in [0.29, 0.717) is 11.2 Å². The summed E-state index contributed by atoms with van der Waals surface area (Å²) in [7, 11) is -1.56. The van der Waals surface area contributed by atoms with E-state index in [1.165, 1.54) is 0 Å². The first-order valence-electron chi connectivity index (χ1n) is 5.00. The lowest BCUT2D eigenvalue weighted by atomic mass is 9.74. The van der Waals surface area contributed by atoms with Crippen molar-refractivity contribution in [1.82, 2.24) is 0 Å². The van der Waals surface area contributed by atoms with Gasteiger partial charge in [-0.05, 0) is 17.2 Å². The Morgan fingerprint density at radius 3 is 2.19 bits per heavy atom. The Hall–Kier alpha value is -1.78. The first-order chi connectivity index (χ1) is 7.70. The van der Waals surface area contributed by atoms with Gasteiger partial charge in [0.05, 0.1) is 0 Å². The Morgan fingerprint density at radius 2 is 1.56 bits per heavy atom. The molecular formula is C12H12BNO2. The molecule has 0 spiro atoms. The lowest BCUT2D eigenvalue weighted by Gasteiger charge is -2.11. The topological polar surface area (TPSA) is 66.5 Å². The molecule has 4 N–H and O–H groups in total. The normalized spacial score (nSPS) is 10.1. The summed E-state index contributed by atoms with van der Waals surface area (Å²) in [6, 6.07) is 14.8. The van der Waals surface area contributed by atoms with Gasteiger partial charge in [0.15, 0.2) is 0 Å². The fourth-order valence-corrected chi connectivity index (χ4v) is 1.74. The second-order valence-corrected chi connectivity index (χ2v) is 3.55. The van der Waals surface area contributed by atoms with Gasteiger partial charge in [-0.15, -0.1) is 0 Å². The van der Waals surface area contributed by atoms with Crippen LogP contribution in [0.4, 0.5) is 5.69 Å². The number of hydrogen-bond acceptors (Lipinski definition) is 3. The van der Waals surface area contributed by atoms with Crippen molar-refractivity contribution in [1.29, 1.82) is 0 Å². The van der Waals surface area contributed by atoms with E-state index in [-0.39, 0.29) is 0 Å². The second kappa shape index (κ2) is 4.39. The molecule has 16 heavy (non-hydrogen) atoms. The number of benzene rings is 2. The van der Waals surface area contributed by atoms with Crippen molar-refractivity contribution >= 4 is 18.3 Å². The van der Waals surface area contributed by atoms with Crippen LogP contribution in [0, 0.1) is 0 Å². The average Bonchev–Trinajstić information content (AvgIpc) is 2.29. The molecule has 0 aliphatic heterocycles. The third kappa shape index (κ3) is 1.93. The van der Waals surface area contributed by atoms with E-state index >= 15 is 0 Å². The lowest BCUT2D eigenvalue weighted by molar-refractivity contribution is 0.426. The summed E-state index contributed by atoms with van der Waals surface area (Å²) in [5, 5.41) is 18.6. The summed E-state index contributed by atoms with van der Waals surface area (Å²) in [5.74, 6) is 0. The molecule has 2 aromatic carbocycles. The van der Waals surface area contributed by atoms with Gasteiger partial charge in [0.25, 0.3) is 0 Å². The zero-order chi connectivity index (χ0) is 11.5. The molecule has 0 radical (unpaired) electrons. The van der Waals surface area contributed by atoms with Crippen molar-refractivity contribution in [3.63, 3.8) is 0 Å². The highest BCUT2D eigenvalue weighted by Gasteiger charge is 2.19. The molecule has 0 atom stereocenters. The Labute approximate surface area is 94.3 Å². The van der Waals surface area contributed by atoms with Crippen LogP contribution in [0.2, 0.25) is 0 Å². The molecule has 3 nitrogen and oxygen atoms in total. The third-order valence-corrected chi connectivity index (χ3v) is 2.48. The number of hydrogen-bond donors (Lipinski definition) is 3. The van der Waals surface area contributed by atoms with Gasteiger partial charge in [0.1, 0.15) is 0 Å². The molecule has 0 saturated heterocycles. The first-order valence-corrected chi connectivity index (χ1v) is 5.00. The summed E-state index contributed by atoms with van der Waals surface area (Å²) in [6.07, 6.45) is 0. The van der Waals surface area contributed by atoms with Gasteiger partial charge in [0, 0.05) is 11.2 Å². The molecule has 0 aliphatic rings. The number of nitrogens with two attached hydrogens (primary N) is 1. The highest BCUT2D eigenvalue weighted by Crippen LogP contribution is 2.19. The van der Waals surface area contributed by atoms with E-state index in [9.17, 15) is 10.0 Å². The Balaban J connectivity index is 2.61. The van der Waals surface area contributed by atoms with E-state index in [1.807, 2.05) is 36.4 Å². The molecule has 0 heterocycles. The zero-order valence-electron chi connectivity index (χ0n) is 8.67. The molecule has 0 aromatic heterocycles. The SMILES string of the molecule is Nc1cccc(-c2ccccc2)c1B(O)O. The molecule has 0 bridgehead atoms. The fourth-order valence-electron chi connectivity index (χ4n) is 1.74. The maximum atomic E-state index is 9.32. The summed E-state index contributed by atoms with van der Waals surface area (Å²) < 4.78 is 0. The standard InChI is InChI=1S/C12H12BNO2/c14-11-8-4-7-10(12(11)13(15)16)9-5-2-1-3-6-9/h1-8,15-16H,14H2. The molecule has 80 valence electrons. The Bertz CT molecular complexity index is 486. The first kappa shape index (κ1) is 10.7. The predicted octanol–water partition coefficient (Wildman–Crippen LogP) is 0.616. The van der Waals surface area contributed by atoms with Crippen LogP contribution in [0.5, 0.6) is 0 Å². The molecule has 0 aliphatic carbocycles. The van der Waals surface area contributed by atoms with Crippen LogP contribution in [0.25, 0.3) is 11.1 Å². The second-order valence-electron chi connectivity index (χ2n) is 3.55. The van der Waals surface area contributed by atoms with Crippen molar-refractivity contribution in [3.05, 3.63) is 48.5 Å². The zero-order valence-corrected chi connectivity index (χ0v) is 8.67. The lowest BCUT2D eigenvalue weighted by Crippen LogP contribution is -2.34. The van der Waals surface area contributed by atoms with Crippen LogP contribution >= 0.6 is 0 Å². The van der Waals surface area contributed by atoms with Gasteiger partial charge in [-0.1, -0.05) is 42.5 Å². The quantitative estimate of drug-likeness (QED) is 0.505. The minimum absolute atomic E-state index is 0.355. The van der Waals surface area contributed by atoms with Gasteiger partial charge in [-0.2, -0.15) is 0 Å². The Morgan fingerprint density at radius 1 is 0.875 bits per heavy atom. The molecule has 2 rings (SSSR count). The molecule has 0 saturated carbocycles. The molecular weight excluding hydrogens is 201 g/mol. The van der Waals surface area contributed by atoms with Crippen LogP contribution in [-0.2, 0) is 0 Å². The molecule has 4 heteroatoms. The van der Waals surface area contributed by atoms with E-state index < -0.39 is 7.12 Å². The van der Waals surface area contributed by atoms with E-state index in [4.69, 9.17) is 5.73 Å². The smallest absolute Gasteiger partial charge is 0.423 e. The van der Waals surface area contributed by atoms with Gasteiger partial charge in [-0.25, -0.2) is 0 Å². The average molecular weight is 213 g/mol. The van der Waals surface area contributed by atoms with Gasteiger partial charge in [-0.3, -0.25) is 0 Å². The van der Waals surface area contributed by atoms with Crippen LogP contribution in [0.1, 0.15) is 0 Å². The van der Waals surface area contributed by atoms with E-state index in [2.05, 4.69) is 0 Å².